The molecule has 14 heavy (non-hydrogen) atoms. The molecule has 1 saturated heterocycles. The summed E-state index contributed by atoms with van der Waals surface area (Å²) in [6, 6.07) is 10.3. The second kappa shape index (κ2) is 3.37. The van der Waals surface area contributed by atoms with E-state index in [9.17, 15) is 0 Å². The first-order valence-corrected chi connectivity index (χ1v) is 5.23. The van der Waals surface area contributed by atoms with Crippen LogP contribution in [0.2, 0.25) is 0 Å². The topological polar surface area (TPSA) is 21.8 Å². The largest absolute Gasteiger partial charge is 0.373 e. The Bertz CT molecular complexity index is 299. The molecule has 3 rings (SSSR count). The number of epoxide rings is 1. The van der Waals surface area contributed by atoms with Gasteiger partial charge in [-0.2, -0.15) is 0 Å². The van der Waals surface area contributed by atoms with Gasteiger partial charge in [0.05, 0.1) is 24.9 Å². The summed E-state index contributed by atoms with van der Waals surface area (Å²) in [6.07, 6.45) is 3.67. The molecule has 2 heteroatoms. The number of fused-ring (bicyclic) bond motifs is 1. The lowest BCUT2D eigenvalue weighted by Crippen LogP contribution is -2.11. The zero-order chi connectivity index (χ0) is 9.38. The standard InChI is InChI=1S/C12H14O2/c1-2-4-9(5-3-1)8-13-10-6-11-12(7-10)14-11/h1-5,10-12H,6-8H2/t10-,11+,12-. The van der Waals surface area contributed by atoms with Gasteiger partial charge in [0.1, 0.15) is 0 Å². The fourth-order valence-corrected chi connectivity index (χ4v) is 2.13. The van der Waals surface area contributed by atoms with Gasteiger partial charge in [-0.25, -0.2) is 0 Å². The van der Waals surface area contributed by atoms with E-state index in [0.29, 0.717) is 18.3 Å². The predicted molar refractivity (Wildman–Crippen MR) is 52.9 cm³/mol. The number of hydrogen-bond acceptors (Lipinski definition) is 2. The molecule has 74 valence electrons. The van der Waals surface area contributed by atoms with Crippen molar-refractivity contribution in [3.05, 3.63) is 35.9 Å². The summed E-state index contributed by atoms with van der Waals surface area (Å²) < 4.78 is 11.2. The van der Waals surface area contributed by atoms with Crippen molar-refractivity contribution in [1.29, 1.82) is 0 Å². The van der Waals surface area contributed by atoms with Crippen molar-refractivity contribution >= 4 is 0 Å². The second-order valence-electron chi connectivity index (χ2n) is 4.10. The fourth-order valence-electron chi connectivity index (χ4n) is 2.13. The van der Waals surface area contributed by atoms with Gasteiger partial charge >= 0.3 is 0 Å². The zero-order valence-corrected chi connectivity index (χ0v) is 8.06. The quantitative estimate of drug-likeness (QED) is 0.681. The van der Waals surface area contributed by atoms with Gasteiger partial charge < -0.3 is 9.47 Å². The molecular weight excluding hydrogens is 176 g/mol. The van der Waals surface area contributed by atoms with Crippen molar-refractivity contribution in [3.8, 4) is 0 Å². The first kappa shape index (κ1) is 8.45. The molecule has 0 amide bonds. The van der Waals surface area contributed by atoms with Crippen molar-refractivity contribution in [2.75, 3.05) is 0 Å². The Balaban J connectivity index is 1.50. The van der Waals surface area contributed by atoms with E-state index in [4.69, 9.17) is 9.47 Å². The number of rotatable bonds is 3. The van der Waals surface area contributed by atoms with E-state index in [1.165, 1.54) is 5.56 Å². The molecule has 0 aromatic heterocycles. The molecular formula is C12H14O2. The van der Waals surface area contributed by atoms with Crippen molar-refractivity contribution in [2.45, 2.75) is 37.8 Å². The highest BCUT2D eigenvalue weighted by Gasteiger charge is 2.48. The highest BCUT2D eigenvalue weighted by atomic mass is 16.6. The molecule has 0 spiro atoms. The van der Waals surface area contributed by atoms with Gasteiger partial charge in [-0.05, 0) is 5.56 Å². The molecule has 1 aromatic carbocycles. The number of hydrogen-bond donors (Lipinski definition) is 0. The Labute approximate surface area is 83.8 Å². The molecule has 1 aliphatic carbocycles. The van der Waals surface area contributed by atoms with Crippen molar-refractivity contribution in [2.24, 2.45) is 0 Å². The van der Waals surface area contributed by atoms with E-state index in [1.807, 2.05) is 18.2 Å². The normalized spacial score (nSPS) is 34.1. The fraction of sp³-hybridized carbons (Fsp3) is 0.500. The van der Waals surface area contributed by atoms with Crippen molar-refractivity contribution in [1.82, 2.24) is 0 Å². The van der Waals surface area contributed by atoms with Crippen LogP contribution in [0.3, 0.4) is 0 Å². The van der Waals surface area contributed by atoms with Crippen LogP contribution in [0.15, 0.2) is 30.3 Å². The molecule has 2 nitrogen and oxygen atoms in total. The van der Waals surface area contributed by atoms with Gasteiger partial charge in [0.15, 0.2) is 0 Å². The molecule has 0 radical (unpaired) electrons. The minimum absolute atomic E-state index is 0.430. The van der Waals surface area contributed by atoms with E-state index in [-0.39, 0.29) is 0 Å². The molecule has 1 saturated carbocycles. The Morgan fingerprint density at radius 2 is 1.86 bits per heavy atom. The van der Waals surface area contributed by atoms with Crippen LogP contribution < -0.4 is 0 Å². The highest BCUT2D eigenvalue weighted by Crippen LogP contribution is 2.39. The van der Waals surface area contributed by atoms with E-state index >= 15 is 0 Å². The summed E-state index contributed by atoms with van der Waals surface area (Å²) in [5.74, 6) is 0. The Morgan fingerprint density at radius 3 is 2.57 bits per heavy atom. The van der Waals surface area contributed by atoms with Gasteiger partial charge in [0.2, 0.25) is 0 Å². The third-order valence-electron chi connectivity index (χ3n) is 3.01. The monoisotopic (exact) mass is 190 g/mol. The average molecular weight is 190 g/mol. The molecule has 0 bridgehead atoms. The molecule has 0 unspecified atom stereocenters. The zero-order valence-electron chi connectivity index (χ0n) is 8.06. The van der Waals surface area contributed by atoms with Crippen molar-refractivity contribution in [3.63, 3.8) is 0 Å². The van der Waals surface area contributed by atoms with Crippen LogP contribution >= 0.6 is 0 Å². The Morgan fingerprint density at radius 1 is 1.14 bits per heavy atom. The SMILES string of the molecule is c1ccc(CO[C@@H]2C[C@@H]3O[C@@H]3C2)cc1. The van der Waals surface area contributed by atoms with Crippen LogP contribution in [0, 0.1) is 0 Å². The molecule has 2 fully saturated rings. The second-order valence-corrected chi connectivity index (χ2v) is 4.10. The van der Waals surface area contributed by atoms with Crippen LogP contribution in [0.1, 0.15) is 18.4 Å². The Hall–Kier alpha value is -0.860. The number of ether oxygens (including phenoxy) is 2. The van der Waals surface area contributed by atoms with E-state index in [0.717, 1.165) is 19.4 Å². The van der Waals surface area contributed by atoms with Crippen LogP contribution in [0.5, 0.6) is 0 Å². The maximum Gasteiger partial charge on any atom is 0.0867 e. The average Bonchev–Trinajstić information content (AvgIpc) is 2.85. The van der Waals surface area contributed by atoms with Crippen LogP contribution in [0.25, 0.3) is 0 Å². The first-order valence-electron chi connectivity index (χ1n) is 5.23. The lowest BCUT2D eigenvalue weighted by atomic mass is 10.2. The summed E-state index contributed by atoms with van der Waals surface area (Å²) in [6.45, 7) is 0.741. The molecule has 0 N–H and O–H groups in total. The van der Waals surface area contributed by atoms with Crippen molar-refractivity contribution < 1.29 is 9.47 Å². The molecule has 2 aliphatic rings. The minimum Gasteiger partial charge on any atom is -0.373 e. The van der Waals surface area contributed by atoms with E-state index in [2.05, 4.69) is 12.1 Å². The van der Waals surface area contributed by atoms with Crippen LogP contribution in [-0.2, 0) is 16.1 Å². The van der Waals surface area contributed by atoms with Gasteiger partial charge in [-0.1, -0.05) is 30.3 Å². The lowest BCUT2D eigenvalue weighted by Gasteiger charge is -2.12. The van der Waals surface area contributed by atoms with Gasteiger partial charge in [-0.3, -0.25) is 0 Å². The summed E-state index contributed by atoms with van der Waals surface area (Å²) in [7, 11) is 0. The van der Waals surface area contributed by atoms with E-state index in [1.54, 1.807) is 0 Å². The molecule has 3 atom stereocenters. The van der Waals surface area contributed by atoms with Gasteiger partial charge in [0.25, 0.3) is 0 Å². The molecule has 1 heterocycles. The van der Waals surface area contributed by atoms with Crippen LogP contribution in [-0.4, -0.2) is 18.3 Å². The maximum atomic E-state index is 5.81. The predicted octanol–water partition coefficient (Wildman–Crippen LogP) is 2.13. The first-order chi connectivity index (χ1) is 6.92. The summed E-state index contributed by atoms with van der Waals surface area (Å²) in [4.78, 5) is 0. The number of benzene rings is 1. The smallest absolute Gasteiger partial charge is 0.0867 e. The van der Waals surface area contributed by atoms with Gasteiger partial charge in [0, 0.05) is 12.8 Å². The third-order valence-corrected chi connectivity index (χ3v) is 3.01. The minimum atomic E-state index is 0.430. The third kappa shape index (κ3) is 1.68. The Kier molecular flexibility index (Phi) is 2.03. The summed E-state index contributed by atoms with van der Waals surface area (Å²) in [5.41, 5.74) is 1.26. The lowest BCUT2D eigenvalue weighted by molar-refractivity contribution is 0.0221. The highest BCUT2D eigenvalue weighted by molar-refractivity contribution is 5.13. The maximum absolute atomic E-state index is 5.81. The van der Waals surface area contributed by atoms with E-state index < -0.39 is 0 Å². The van der Waals surface area contributed by atoms with Gasteiger partial charge in [-0.15, -0.1) is 0 Å². The molecule has 1 aromatic rings. The molecule has 1 aliphatic heterocycles. The van der Waals surface area contributed by atoms with Crippen LogP contribution in [0.4, 0.5) is 0 Å². The summed E-state index contributed by atoms with van der Waals surface area (Å²) >= 11 is 0. The summed E-state index contributed by atoms with van der Waals surface area (Å²) in [5, 5.41) is 0.